The second kappa shape index (κ2) is 9.95. The zero-order valence-electron chi connectivity index (χ0n) is 14.5. The van der Waals surface area contributed by atoms with Crippen LogP contribution in [0.4, 0.5) is 5.69 Å². The minimum Gasteiger partial charge on any atom is -0.354 e. The van der Waals surface area contributed by atoms with Gasteiger partial charge in [-0.3, -0.25) is 19.7 Å². The molecule has 9 heteroatoms. The van der Waals surface area contributed by atoms with Crippen LogP contribution in [0.2, 0.25) is 5.02 Å². The summed E-state index contributed by atoms with van der Waals surface area (Å²) in [5.74, 6) is -0.966. The smallest absolute Gasteiger partial charge is 0.270 e. The van der Waals surface area contributed by atoms with Crippen molar-refractivity contribution in [2.75, 3.05) is 20.1 Å². The van der Waals surface area contributed by atoms with Gasteiger partial charge in [-0.2, -0.15) is 0 Å². The van der Waals surface area contributed by atoms with Gasteiger partial charge in [0.1, 0.15) is 6.04 Å². The minimum atomic E-state index is -0.728. The van der Waals surface area contributed by atoms with E-state index in [1.165, 1.54) is 12.1 Å². The monoisotopic (exact) mass is 370 g/mol. The molecule has 0 fully saturated rings. The highest BCUT2D eigenvalue weighted by atomic mass is 35.5. The first-order valence-electron chi connectivity index (χ1n) is 7.95. The minimum absolute atomic E-state index is 0.0383. The van der Waals surface area contributed by atoms with Crippen LogP contribution in [0.15, 0.2) is 18.2 Å². The number of hydrogen-bond acceptors (Lipinski definition) is 5. The number of halogens is 1. The third kappa shape index (κ3) is 6.32. The Bertz CT molecular complexity index is 637. The molecule has 1 unspecified atom stereocenters. The summed E-state index contributed by atoms with van der Waals surface area (Å²) in [4.78, 5) is 34.8. The van der Waals surface area contributed by atoms with Crippen molar-refractivity contribution in [3.63, 3.8) is 0 Å². The average molecular weight is 371 g/mol. The maximum absolute atomic E-state index is 12.4. The van der Waals surface area contributed by atoms with Crippen molar-refractivity contribution in [1.29, 1.82) is 0 Å². The number of carbonyl (C=O) groups is 2. The Balaban J connectivity index is 2.79. The van der Waals surface area contributed by atoms with Gasteiger partial charge in [0.25, 0.3) is 11.6 Å². The van der Waals surface area contributed by atoms with Gasteiger partial charge in [-0.15, -0.1) is 0 Å². The SMILES string of the molecule is CNCCCNC(=O)C(NC(=O)c1ccc([N+](=O)[O-])cc1Cl)C(C)C. The molecule has 1 aromatic rings. The molecule has 0 bridgehead atoms. The summed E-state index contributed by atoms with van der Waals surface area (Å²) in [5.41, 5.74) is -0.120. The van der Waals surface area contributed by atoms with Gasteiger partial charge in [0.2, 0.25) is 5.91 Å². The molecule has 0 aromatic heterocycles. The average Bonchev–Trinajstić information content (AvgIpc) is 2.55. The molecule has 8 nitrogen and oxygen atoms in total. The first-order valence-corrected chi connectivity index (χ1v) is 8.32. The second-order valence-corrected chi connectivity index (χ2v) is 6.27. The Morgan fingerprint density at radius 1 is 1.28 bits per heavy atom. The number of rotatable bonds is 9. The Morgan fingerprint density at radius 2 is 1.96 bits per heavy atom. The molecule has 25 heavy (non-hydrogen) atoms. The molecule has 0 saturated heterocycles. The van der Waals surface area contributed by atoms with Gasteiger partial charge in [-0.1, -0.05) is 25.4 Å². The lowest BCUT2D eigenvalue weighted by Crippen LogP contribution is -2.50. The molecular formula is C16H23ClN4O4. The van der Waals surface area contributed by atoms with Crippen LogP contribution in [0.3, 0.4) is 0 Å². The molecule has 0 aliphatic heterocycles. The Kier molecular flexibility index (Phi) is 8.30. The van der Waals surface area contributed by atoms with E-state index >= 15 is 0 Å². The van der Waals surface area contributed by atoms with E-state index < -0.39 is 16.9 Å². The van der Waals surface area contributed by atoms with E-state index in [1.54, 1.807) is 0 Å². The predicted octanol–water partition coefficient (Wildman–Crippen LogP) is 1.73. The Morgan fingerprint density at radius 3 is 2.48 bits per heavy atom. The van der Waals surface area contributed by atoms with Gasteiger partial charge < -0.3 is 16.0 Å². The van der Waals surface area contributed by atoms with Gasteiger partial charge >= 0.3 is 0 Å². The van der Waals surface area contributed by atoms with Crippen LogP contribution in [-0.2, 0) is 4.79 Å². The van der Waals surface area contributed by atoms with E-state index in [9.17, 15) is 19.7 Å². The number of amides is 2. The van der Waals surface area contributed by atoms with E-state index in [-0.39, 0.29) is 28.1 Å². The van der Waals surface area contributed by atoms with Gasteiger partial charge in [0.05, 0.1) is 15.5 Å². The van der Waals surface area contributed by atoms with E-state index in [2.05, 4.69) is 16.0 Å². The van der Waals surface area contributed by atoms with E-state index in [1.807, 2.05) is 20.9 Å². The fraction of sp³-hybridized carbons (Fsp3) is 0.500. The first-order chi connectivity index (χ1) is 11.8. The molecule has 138 valence electrons. The summed E-state index contributed by atoms with van der Waals surface area (Å²) in [6, 6.07) is 2.85. The van der Waals surface area contributed by atoms with Crippen LogP contribution in [0.5, 0.6) is 0 Å². The van der Waals surface area contributed by atoms with Gasteiger partial charge in [0.15, 0.2) is 0 Å². The summed E-state index contributed by atoms with van der Waals surface area (Å²) in [6.07, 6.45) is 0.773. The molecular weight excluding hydrogens is 348 g/mol. The molecule has 0 spiro atoms. The first kappa shape index (κ1) is 20.9. The van der Waals surface area contributed by atoms with Crippen molar-refractivity contribution in [3.8, 4) is 0 Å². The summed E-state index contributed by atoms with van der Waals surface area (Å²) >= 11 is 5.96. The number of nitrogens with zero attached hydrogens (tertiary/aromatic N) is 1. The van der Waals surface area contributed by atoms with Crippen molar-refractivity contribution >= 4 is 29.1 Å². The molecule has 0 saturated carbocycles. The summed E-state index contributed by atoms with van der Waals surface area (Å²) in [5, 5.41) is 19.1. The van der Waals surface area contributed by atoms with Crippen LogP contribution in [0, 0.1) is 16.0 Å². The number of hydrogen-bond donors (Lipinski definition) is 3. The Hall–Kier alpha value is -2.19. The Labute approximate surface area is 151 Å². The fourth-order valence-electron chi connectivity index (χ4n) is 2.14. The van der Waals surface area contributed by atoms with Crippen molar-refractivity contribution < 1.29 is 14.5 Å². The van der Waals surface area contributed by atoms with Crippen LogP contribution >= 0.6 is 11.6 Å². The van der Waals surface area contributed by atoms with Crippen LogP contribution in [0.25, 0.3) is 0 Å². The molecule has 0 radical (unpaired) electrons. The van der Waals surface area contributed by atoms with Crippen molar-refractivity contribution in [2.45, 2.75) is 26.3 Å². The quantitative estimate of drug-likeness (QED) is 0.348. The molecule has 0 heterocycles. The van der Waals surface area contributed by atoms with Crippen LogP contribution < -0.4 is 16.0 Å². The highest BCUT2D eigenvalue weighted by Gasteiger charge is 2.25. The molecule has 2 amide bonds. The second-order valence-electron chi connectivity index (χ2n) is 5.86. The highest BCUT2D eigenvalue weighted by molar-refractivity contribution is 6.34. The van der Waals surface area contributed by atoms with Crippen molar-refractivity contribution in [3.05, 3.63) is 38.9 Å². The zero-order chi connectivity index (χ0) is 19.0. The molecule has 3 N–H and O–H groups in total. The number of nitro groups is 1. The molecule has 0 aliphatic rings. The maximum Gasteiger partial charge on any atom is 0.270 e. The number of nitro benzene ring substituents is 1. The topological polar surface area (TPSA) is 113 Å². The summed E-state index contributed by atoms with van der Waals surface area (Å²) in [6.45, 7) is 4.90. The lowest BCUT2D eigenvalue weighted by Gasteiger charge is -2.22. The third-order valence-corrected chi connectivity index (χ3v) is 3.86. The lowest BCUT2D eigenvalue weighted by atomic mass is 10.0. The third-order valence-electron chi connectivity index (χ3n) is 3.55. The highest BCUT2D eigenvalue weighted by Crippen LogP contribution is 2.22. The predicted molar refractivity (Wildman–Crippen MR) is 95.8 cm³/mol. The number of carbonyl (C=O) groups excluding carboxylic acids is 2. The normalized spacial score (nSPS) is 11.9. The van der Waals surface area contributed by atoms with Gasteiger partial charge in [-0.25, -0.2) is 0 Å². The summed E-state index contributed by atoms with van der Waals surface area (Å²) in [7, 11) is 1.83. The van der Waals surface area contributed by atoms with Gasteiger partial charge in [-0.05, 0) is 32.0 Å². The number of non-ortho nitro benzene ring substituents is 1. The van der Waals surface area contributed by atoms with E-state index in [0.29, 0.717) is 6.54 Å². The van der Waals surface area contributed by atoms with E-state index in [0.717, 1.165) is 19.0 Å². The molecule has 0 aliphatic carbocycles. The fourth-order valence-corrected chi connectivity index (χ4v) is 2.40. The number of benzene rings is 1. The number of nitrogens with one attached hydrogen (secondary N) is 3. The maximum atomic E-state index is 12.4. The largest absolute Gasteiger partial charge is 0.354 e. The van der Waals surface area contributed by atoms with Crippen LogP contribution in [-0.4, -0.2) is 42.9 Å². The van der Waals surface area contributed by atoms with Crippen molar-refractivity contribution in [1.82, 2.24) is 16.0 Å². The summed E-state index contributed by atoms with van der Waals surface area (Å²) < 4.78 is 0. The molecule has 1 aromatic carbocycles. The van der Waals surface area contributed by atoms with E-state index in [4.69, 9.17) is 11.6 Å². The van der Waals surface area contributed by atoms with Gasteiger partial charge in [0, 0.05) is 18.7 Å². The standard InChI is InChI=1S/C16H23ClN4O4/c1-10(2)14(16(23)19-8-4-7-18-3)20-15(22)12-6-5-11(21(24)25)9-13(12)17/h5-6,9-10,14,18H,4,7-8H2,1-3H3,(H,19,23)(H,20,22). The lowest BCUT2D eigenvalue weighted by molar-refractivity contribution is -0.384. The molecule has 1 atom stereocenters. The van der Waals surface area contributed by atoms with Crippen molar-refractivity contribution in [2.24, 2.45) is 5.92 Å². The zero-order valence-corrected chi connectivity index (χ0v) is 15.2. The molecule has 1 rings (SSSR count). The van der Waals surface area contributed by atoms with Crippen LogP contribution in [0.1, 0.15) is 30.6 Å².